The second kappa shape index (κ2) is 8.46. The van der Waals surface area contributed by atoms with Crippen molar-refractivity contribution in [3.8, 4) is 0 Å². The second-order valence-electron chi connectivity index (χ2n) is 7.75. The summed E-state index contributed by atoms with van der Waals surface area (Å²) in [6.07, 6.45) is 0.917. The fourth-order valence-corrected chi connectivity index (χ4v) is 3.44. The van der Waals surface area contributed by atoms with Crippen LogP contribution >= 0.6 is 0 Å². The highest BCUT2D eigenvalue weighted by atomic mass is 19.4. The minimum absolute atomic E-state index is 0.112. The zero-order valence-electron chi connectivity index (χ0n) is 16.0. The number of nitrogens with zero attached hydrogens (tertiary/aromatic N) is 2. The Labute approximate surface area is 170 Å². The summed E-state index contributed by atoms with van der Waals surface area (Å²) < 4.78 is 57.4. The highest BCUT2D eigenvalue weighted by Gasteiger charge is 2.58. The van der Waals surface area contributed by atoms with Crippen LogP contribution in [0.4, 0.5) is 17.6 Å². The molecule has 3 fully saturated rings. The lowest BCUT2D eigenvalue weighted by atomic mass is 9.84. The molecule has 166 valence electrons. The van der Waals surface area contributed by atoms with Gasteiger partial charge in [0.1, 0.15) is 5.60 Å². The third kappa shape index (κ3) is 5.45. The van der Waals surface area contributed by atoms with Crippen LogP contribution in [0.3, 0.4) is 0 Å². The third-order valence-electron chi connectivity index (χ3n) is 5.22. The molecule has 0 bridgehead atoms. The van der Waals surface area contributed by atoms with Gasteiger partial charge < -0.3 is 19.5 Å². The van der Waals surface area contributed by atoms with Gasteiger partial charge in [0.15, 0.2) is 5.67 Å². The van der Waals surface area contributed by atoms with Gasteiger partial charge in [-0.25, -0.2) is 9.18 Å². The number of hydrogen-bond donors (Lipinski definition) is 1. The number of alkyl halides is 4. The molecule has 1 amide bonds. The molecule has 1 aromatic heterocycles. The molecular formula is C19H22F4N2O5. The molecular weight excluding hydrogens is 412 g/mol. The summed E-state index contributed by atoms with van der Waals surface area (Å²) in [6.45, 7) is 2.14. The third-order valence-corrected chi connectivity index (χ3v) is 5.22. The first-order valence-electron chi connectivity index (χ1n) is 9.46. The van der Waals surface area contributed by atoms with E-state index >= 15 is 0 Å². The number of hydrogen-bond acceptors (Lipinski definition) is 5. The van der Waals surface area contributed by atoms with Crippen LogP contribution in [0.1, 0.15) is 31.2 Å². The first kappa shape index (κ1) is 22.4. The van der Waals surface area contributed by atoms with E-state index < -0.39 is 17.8 Å². The topological polar surface area (TPSA) is 89.0 Å². The molecule has 4 rings (SSSR count). The minimum atomic E-state index is -5.08. The van der Waals surface area contributed by atoms with Crippen LogP contribution in [-0.4, -0.2) is 70.1 Å². The van der Waals surface area contributed by atoms with Crippen molar-refractivity contribution >= 4 is 11.9 Å². The number of carbonyl (C=O) groups excluding carboxylic acids is 1. The maximum atomic E-state index is 13.8. The van der Waals surface area contributed by atoms with E-state index in [1.807, 2.05) is 12.1 Å². The number of halogens is 4. The Morgan fingerprint density at radius 1 is 1.33 bits per heavy atom. The summed E-state index contributed by atoms with van der Waals surface area (Å²) in [4.78, 5) is 26.6. The van der Waals surface area contributed by atoms with E-state index in [4.69, 9.17) is 19.4 Å². The fraction of sp³-hybridized carbons (Fsp3) is 0.632. The molecule has 0 radical (unpaired) electrons. The first-order chi connectivity index (χ1) is 14.0. The monoisotopic (exact) mass is 434 g/mol. The van der Waals surface area contributed by atoms with Crippen LogP contribution in [0.2, 0.25) is 0 Å². The van der Waals surface area contributed by atoms with Gasteiger partial charge in [-0.15, -0.1) is 0 Å². The molecule has 1 saturated carbocycles. The van der Waals surface area contributed by atoms with Gasteiger partial charge in [-0.1, -0.05) is 6.07 Å². The maximum absolute atomic E-state index is 13.8. The Hall–Kier alpha value is -2.27. The number of carboxylic acid groups (broad SMARTS) is 1. The largest absolute Gasteiger partial charge is 0.490 e. The number of rotatable bonds is 4. The Balaban J connectivity index is 0.000000318. The summed E-state index contributed by atoms with van der Waals surface area (Å²) in [5.41, 5.74) is -0.864. The first-order valence-corrected chi connectivity index (χ1v) is 9.46. The van der Waals surface area contributed by atoms with Crippen molar-refractivity contribution in [3.05, 3.63) is 30.1 Å². The Morgan fingerprint density at radius 3 is 2.53 bits per heavy atom. The van der Waals surface area contributed by atoms with Gasteiger partial charge in [0.05, 0.1) is 25.8 Å². The molecule has 2 aliphatic heterocycles. The van der Waals surface area contributed by atoms with Gasteiger partial charge in [-0.2, -0.15) is 13.2 Å². The van der Waals surface area contributed by atoms with Crippen molar-refractivity contribution in [1.29, 1.82) is 0 Å². The number of ether oxygens (including phenoxy) is 2. The quantitative estimate of drug-likeness (QED) is 0.733. The average Bonchev–Trinajstić information content (AvgIpc) is 3.43. The molecule has 1 spiro atoms. The average molecular weight is 434 g/mol. The molecule has 2 saturated heterocycles. The van der Waals surface area contributed by atoms with Crippen molar-refractivity contribution in [2.24, 2.45) is 0 Å². The van der Waals surface area contributed by atoms with Gasteiger partial charge in [0.25, 0.3) is 5.91 Å². The SMILES string of the molecule is O=C(N1CC2(CC(OCc3cccnc3)CCO2)C1)C1(F)CC1.O=C(O)C(F)(F)F. The molecule has 3 heterocycles. The molecule has 1 atom stereocenters. The molecule has 0 aromatic carbocycles. The zero-order valence-corrected chi connectivity index (χ0v) is 16.0. The van der Waals surface area contributed by atoms with Crippen molar-refractivity contribution in [2.75, 3.05) is 19.7 Å². The number of aromatic nitrogens is 1. The summed E-state index contributed by atoms with van der Waals surface area (Å²) in [7, 11) is 0. The Bertz CT molecular complexity index is 764. The standard InChI is InChI=1S/C17H21FN2O3.C2HF3O2/c18-17(4-5-17)15(21)20-11-16(12-20)8-14(3-7-23-16)22-10-13-2-1-6-19-9-13;3-2(4,5)1(6)7/h1-2,6,9,14H,3-5,7-8,10-12H2;(H,6,7). The van der Waals surface area contributed by atoms with Crippen LogP contribution in [0.5, 0.6) is 0 Å². The minimum Gasteiger partial charge on any atom is -0.475 e. The molecule has 7 nitrogen and oxygen atoms in total. The molecule has 11 heteroatoms. The lowest BCUT2D eigenvalue weighted by molar-refractivity contribution is -0.205. The van der Waals surface area contributed by atoms with Gasteiger partial charge in [-0.3, -0.25) is 9.78 Å². The normalized spacial score (nSPS) is 23.7. The number of likely N-dealkylation sites (tertiary alicyclic amines) is 1. The van der Waals surface area contributed by atoms with Crippen molar-refractivity contribution in [3.63, 3.8) is 0 Å². The highest BCUT2D eigenvalue weighted by molar-refractivity contribution is 5.88. The van der Waals surface area contributed by atoms with Crippen LogP contribution < -0.4 is 0 Å². The van der Waals surface area contributed by atoms with Crippen LogP contribution in [0.25, 0.3) is 0 Å². The summed E-state index contributed by atoms with van der Waals surface area (Å²) in [5, 5.41) is 7.12. The molecule has 1 aliphatic carbocycles. The highest BCUT2D eigenvalue weighted by Crippen LogP contribution is 2.45. The van der Waals surface area contributed by atoms with E-state index in [0.717, 1.165) is 18.4 Å². The maximum Gasteiger partial charge on any atom is 0.490 e. The van der Waals surface area contributed by atoms with Crippen LogP contribution in [0, 0.1) is 0 Å². The molecule has 3 aliphatic rings. The smallest absolute Gasteiger partial charge is 0.475 e. The van der Waals surface area contributed by atoms with Gasteiger partial charge in [0, 0.05) is 25.4 Å². The molecule has 1 N–H and O–H groups in total. The van der Waals surface area contributed by atoms with Gasteiger partial charge >= 0.3 is 12.1 Å². The van der Waals surface area contributed by atoms with Crippen LogP contribution in [0.15, 0.2) is 24.5 Å². The molecule has 1 unspecified atom stereocenters. The fourth-order valence-electron chi connectivity index (χ4n) is 3.44. The van der Waals surface area contributed by atoms with E-state index in [1.54, 1.807) is 17.3 Å². The number of carboxylic acids is 1. The van der Waals surface area contributed by atoms with E-state index in [9.17, 15) is 22.4 Å². The van der Waals surface area contributed by atoms with Crippen molar-refractivity contribution < 1.29 is 41.7 Å². The van der Waals surface area contributed by atoms with Gasteiger partial charge in [0.2, 0.25) is 0 Å². The van der Waals surface area contributed by atoms with Crippen molar-refractivity contribution in [2.45, 2.75) is 55.8 Å². The molecule has 1 aromatic rings. The number of pyridine rings is 1. The van der Waals surface area contributed by atoms with E-state index in [-0.39, 0.29) is 17.6 Å². The summed E-state index contributed by atoms with van der Waals surface area (Å²) in [5.74, 6) is -3.11. The second-order valence-corrected chi connectivity index (χ2v) is 7.75. The zero-order chi connectivity index (χ0) is 22.0. The molecule has 30 heavy (non-hydrogen) atoms. The van der Waals surface area contributed by atoms with E-state index in [0.29, 0.717) is 39.1 Å². The lowest BCUT2D eigenvalue weighted by Gasteiger charge is -2.53. The number of aliphatic carboxylic acids is 1. The van der Waals surface area contributed by atoms with Crippen LogP contribution in [-0.2, 0) is 25.7 Å². The Morgan fingerprint density at radius 2 is 2.00 bits per heavy atom. The summed E-state index contributed by atoms with van der Waals surface area (Å²) in [6, 6.07) is 3.88. The number of carbonyl (C=O) groups is 2. The lowest BCUT2D eigenvalue weighted by Crippen LogP contribution is -2.68. The Kier molecular flexibility index (Phi) is 6.32. The van der Waals surface area contributed by atoms with Crippen molar-refractivity contribution in [1.82, 2.24) is 9.88 Å². The summed E-state index contributed by atoms with van der Waals surface area (Å²) >= 11 is 0. The van der Waals surface area contributed by atoms with Gasteiger partial charge in [-0.05, 0) is 30.9 Å². The number of amides is 1. The van der Waals surface area contributed by atoms with E-state index in [2.05, 4.69) is 4.98 Å². The predicted octanol–water partition coefficient (Wildman–Crippen LogP) is 2.49. The predicted molar refractivity (Wildman–Crippen MR) is 94.1 cm³/mol. The van der Waals surface area contributed by atoms with E-state index in [1.165, 1.54) is 0 Å².